The topological polar surface area (TPSA) is 6.48 Å². The molecule has 0 amide bonds. The molecule has 1 unspecified atom stereocenters. The van der Waals surface area contributed by atoms with E-state index >= 15 is 0 Å². The van der Waals surface area contributed by atoms with E-state index in [1.54, 1.807) is 0 Å². The summed E-state index contributed by atoms with van der Waals surface area (Å²) in [5, 5.41) is 0. The number of rotatable bonds is 1. The van der Waals surface area contributed by atoms with Gasteiger partial charge in [-0.1, -0.05) is 0 Å². The summed E-state index contributed by atoms with van der Waals surface area (Å²) < 4.78 is 0. The maximum absolute atomic E-state index is 2.67. The number of hydrogen-bond acceptors (Lipinski definition) is 2. The predicted octanol–water partition coefficient (Wildman–Crippen LogP) is 1.17. The van der Waals surface area contributed by atoms with Crippen LogP contribution in [0.5, 0.6) is 0 Å². The van der Waals surface area contributed by atoms with Gasteiger partial charge >= 0.3 is 0 Å². The van der Waals surface area contributed by atoms with Gasteiger partial charge in [0.2, 0.25) is 0 Å². The molecule has 0 aliphatic carbocycles. The summed E-state index contributed by atoms with van der Waals surface area (Å²) in [5.41, 5.74) is 0. The molecule has 0 radical (unpaired) electrons. The molecule has 12 heavy (non-hydrogen) atoms. The first kappa shape index (κ1) is 8.52. The van der Waals surface area contributed by atoms with Crippen LogP contribution >= 0.6 is 0 Å². The molecule has 0 saturated carbocycles. The van der Waals surface area contributed by atoms with Gasteiger partial charge in [0.15, 0.2) is 0 Å². The van der Waals surface area contributed by atoms with Crippen LogP contribution in [-0.2, 0) is 0 Å². The maximum atomic E-state index is 2.67. The molecule has 2 rings (SSSR count). The Morgan fingerprint density at radius 1 is 1.17 bits per heavy atom. The Hall–Kier alpha value is -0.0800. The minimum atomic E-state index is 0.743. The van der Waals surface area contributed by atoms with Gasteiger partial charge in [-0.2, -0.15) is 0 Å². The van der Waals surface area contributed by atoms with Crippen molar-refractivity contribution >= 4 is 0 Å². The molecule has 2 nitrogen and oxygen atoms in total. The zero-order valence-electron chi connectivity index (χ0n) is 8.29. The summed E-state index contributed by atoms with van der Waals surface area (Å²) in [6, 6.07) is 1.63. The molecule has 2 fully saturated rings. The summed E-state index contributed by atoms with van der Waals surface area (Å²) in [4.78, 5) is 5.28. The van der Waals surface area contributed by atoms with E-state index in [0.29, 0.717) is 0 Å². The predicted molar refractivity (Wildman–Crippen MR) is 51.3 cm³/mol. The SMILES string of the molecule is CC(C)N1CCN2CCCC2C1. The minimum Gasteiger partial charge on any atom is -0.298 e. The third-order valence-electron chi connectivity index (χ3n) is 3.35. The van der Waals surface area contributed by atoms with Gasteiger partial charge < -0.3 is 0 Å². The summed E-state index contributed by atoms with van der Waals surface area (Å²) in [5.74, 6) is 0. The fourth-order valence-corrected chi connectivity index (χ4v) is 2.48. The summed E-state index contributed by atoms with van der Waals surface area (Å²) in [6.45, 7) is 9.89. The molecule has 0 bridgehead atoms. The van der Waals surface area contributed by atoms with Crippen molar-refractivity contribution in [2.45, 2.75) is 38.8 Å². The highest BCUT2D eigenvalue weighted by Gasteiger charge is 2.30. The van der Waals surface area contributed by atoms with E-state index in [1.807, 2.05) is 0 Å². The highest BCUT2D eigenvalue weighted by Crippen LogP contribution is 2.22. The minimum absolute atomic E-state index is 0.743. The van der Waals surface area contributed by atoms with Gasteiger partial charge in [0.25, 0.3) is 0 Å². The first-order valence-corrected chi connectivity index (χ1v) is 5.25. The third kappa shape index (κ3) is 1.50. The fourth-order valence-electron chi connectivity index (χ4n) is 2.48. The lowest BCUT2D eigenvalue weighted by atomic mass is 10.1. The summed E-state index contributed by atoms with van der Waals surface area (Å²) in [7, 11) is 0. The third-order valence-corrected chi connectivity index (χ3v) is 3.35. The second-order valence-corrected chi connectivity index (χ2v) is 4.42. The van der Waals surface area contributed by atoms with Gasteiger partial charge in [-0.25, -0.2) is 0 Å². The normalized spacial score (nSPS) is 32.8. The Morgan fingerprint density at radius 2 is 2.00 bits per heavy atom. The second-order valence-electron chi connectivity index (χ2n) is 4.42. The zero-order valence-corrected chi connectivity index (χ0v) is 8.29. The molecule has 0 aromatic heterocycles. The van der Waals surface area contributed by atoms with Crippen LogP contribution in [0.15, 0.2) is 0 Å². The quantitative estimate of drug-likeness (QED) is 0.580. The first-order valence-electron chi connectivity index (χ1n) is 5.25. The van der Waals surface area contributed by atoms with E-state index in [4.69, 9.17) is 0 Å². The van der Waals surface area contributed by atoms with Gasteiger partial charge in [0, 0.05) is 31.7 Å². The zero-order chi connectivity index (χ0) is 8.55. The molecule has 0 spiro atoms. The Morgan fingerprint density at radius 3 is 2.75 bits per heavy atom. The largest absolute Gasteiger partial charge is 0.298 e. The van der Waals surface area contributed by atoms with Crippen LogP contribution in [0.3, 0.4) is 0 Å². The Balaban J connectivity index is 1.92. The lowest BCUT2D eigenvalue weighted by Crippen LogP contribution is -2.52. The molecule has 1 atom stereocenters. The van der Waals surface area contributed by atoms with E-state index in [0.717, 1.165) is 12.1 Å². The van der Waals surface area contributed by atoms with Crippen molar-refractivity contribution in [3.05, 3.63) is 0 Å². The molecule has 2 heteroatoms. The van der Waals surface area contributed by atoms with Crippen molar-refractivity contribution in [3.8, 4) is 0 Å². The number of piperazine rings is 1. The van der Waals surface area contributed by atoms with E-state index in [1.165, 1.54) is 39.0 Å². The molecular weight excluding hydrogens is 148 g/mol. The number of nitrogens with zero attached hydrogens (tertiary/aromatic N) is 2. The summed E-state index contributed by atoms with van der Waals surface area (Å²) in [6.07, 6.45) is 2.86. The molecular formula is C10H20N2. The average molecular weight is 168 g/mol. The molecule has 2 saturated heterocycles. The molecule has 2 aliphatic rings. The molecule has 2 heterocycles. The van der Waals surface area contributed by atoms with Crippen LogP contribution in [0.4, 0.5) is 0 Å². The maximum Gasteiger partial charge on any atom is 0.0224 e. The second kappa shape index (κ2) is 3.35. The monoisotopic (exact) mass is 168 g/mol. The van der Waals surface area contributed by atoms with Gasteiger partial charge in [-0.05, 0) is 33.2 Å². The Bertz CT molecular complexity index is 156. The van der Waals surface area contributed by atoms with E-state index in [-0.39, 0.29) is 0 Å². The van der Waals surface area contributed by atoms with Crippen molar-refractivity contribution < 1.29 is 0 Å². The number of fused-ring (bicyclic) bond motifs is 1. The van der Waals surface area contributed by atoms with Gasteiger partial charge in [-0.3, -0.25) is 9.80 Å². The number of hydrogen-bond donors (Lipinski definition) is 0. The van der Waals surface area contributed by atoms with Crippen LogP contribution in [-0.4, -0.2) is 48.1 Å². The van der Waals surface area contributed by atoms with E-state index in [9.17, 15) is 0 Å². The van der Waals surface area contributed by atoms with Crippen molar-refractivity contribution in [1.29, 1.82) is 0 Å². The fraction of sp³-hybridized carbons (Fsp3) is 1.00. The lowest BCUT2D eigenvalue weighted by molar-refractivity contribution is 0.0827. The van der Waals surface area contributed by atoms with Crippen LogP contribution in [0.25, 0.3) is 0 Å². The average Bonchev–Trinajstić information content (AvgIpc) is 2.49. The van der Waals surface area contributed by atoms with Crippen LogP contribution < -0.4 is 0 Å². The van der Waals surface area contributed by atoms with Crippen molar-refractivity contribution in [3.63, 3.8) is 0 Å². The Labute approximate surface area is 75.5 Å². The van der Waals surface area contributed by atoms with Crippen molar-refractivity contribution in [2.24, 2.45) is 0 Å². The van der Waals surface area contributed by atoms with Gasteiger partial charge in [0.05, 0.1) is 0 Å². The molecule has 0 aromatic rings. The van der Waals surface area contributed by atoms with Crippen LogP contribution in [0.2, 0.25) is 0 Å². The highest BCUT2D eigenvalue weighted by atomic mass is 15.3. The molecule has 70 valence electrons. The van der Waals surface area contributed by atoms with Crippen molar-refractivity contribution in [2.75, 3.05) is 26.2 Å². The molecule has 0 N–H and O–H groups in total. The van der Waals surface area contributed by atoms with Crippen molar-refractivity contribution in [1.82, 2.24) is 9.80 Å². The van der Waals surface area contributed by atoms with Gasteiger partial charge in [0.1, 0.15) is 0 Å². The van der Waals surface area contributed by atoms with Crippen LogP contribution in [0.1, 0.15) is 26.7 Å². The highest BCUT2D eigenvalue weighted by molar-refractivity contribution is 4.87. The molecule has 2 aliphatic heterocycles. The van der Waals surface area contributed by atoms with Crippen LogP contribution in [0, 0.1) is 0 Å². The first-order chi connectivity index (χ1) is 5.77. The molecule has 0 aromatic carbocycles. The van der Waals surface area contributed by atoms with E-state index < -0.39 is 0 Å². The smallest absolute Gasteiger partial charge is 0.0224 e. The van der Waals surface area contributed by atoms with Gasteiger partial charge in [-0.15, -0.1) is 0 Å². The standard InChI is InChI=1S/C10H20N2/c1-9(2)12-7-6-11-5-3-4-10(11)8-12/h9-10H,3-8H2,1-2H3. The van der Waals surface area contributed by atoms with E-state index in [2.05, 4.69) is 23.6 Å². The Kier molecular flexibility index (Phi) is 2.37. The lowest BCUT2D eigenvalue weighted by Gasteiger charge is -2.39. The summed E-state index contributed by atoms with van der Waals surface area (Å²) >= 11 is 0.